The zero-order valence-electron chi connectivity index (χ0n) is 19.8. The largest absolute Gasteiger partial charge is 0.573 e. The number of ketones is 1. The summed E-state index contributed by atoms with van der Waals surface area (Å²) in [6.45, 7) is 0.791. The second-order valence-corrected chi connectivity index (χ2v) is 11.4. The van der Waals surface area contributed by atoms with Crippen LogP contribution < -0.4 is 10.2 Å². The van der Waals surface area contributed by atoms with E-state index in [9.17, 15) is 31.2 Å². The van der Waals surface area contributed by atoms with Crippen molar-refractivity contribution in [1.29, 1.82) is 0 Å². The van der Waals surface area contributed by atoms with Gasteiger partial charge in [-0.2, -0.15) is 0 Å². The maximum absolute atomic E-state index is 13.3. The van der Waals surface area contributed by atoms with Crippen molar-refractivity contribution in [3.63, 3.8) is 0 Å². The van der Waals surface area contributed by atoms with Crippen LogP contribution in [0, 0.1) is 5.92 Å². The molecule has 0 aromatic heterocycles. The molecule has 3 rings (SSSR count). The third-order valence-corrected chi connectivity index (χ3v) is 9.53. The number of hydroxylamine groups is 1. The van der Waals surface area contributed by atoms with E-state index in [-0.39, 0.29) is 63.0 Å². The summed E-state index contributed by atoms with van der Waals surface area (Å²) < 4.78 is 72.0. The van der Waals surface area contributed by atoms with Gasteiger partial charge in [0.2, 0.25) is 10.0 Å². The SMILES string of the molecule is O=C(CCCCC1CCN(S(=O)(=O)C2(C(=O)NO)CCOCC2)CC1)c1ccc(OC(F)(F)F)cc1. The van der Waals surface area contributed by atoms with Crippen LogP contribution in [0.3, 0.4) is 0 Å². The van der Waals surface area contributed by atoms with Crippen molar-refractivity contribution >= 4 is 21.7 Å². The minimum atomic E-state index is -4.79. The molecule has 0 unspecified atom stereocenters. The first-order chi connectivity index (χ1) is 17.0. The highest BCUT2D eigenvalue weighted by Crippen LogP contribution is 2.35. The average molecular weight is 537 g/mol. The number of hydrogen-bond acceptors (Lipinski definition) is 7. The van der Waals surface area contributed by atoms with Gasteiger partial charge in [-0.1, -0.05) is 12.8 Å². The Morgan fingerprint density at radius 2 is 1.72 bits per heavy atom. The molecule has 36 heavy (non-hydrogen) atoms. The van der Waals surface area contributed by atoms with Crippen LogP contribution >= 0.6 is 0 Å². The van der Waals surface area contributed by atoms with Crippen molar-refractivity contribution in [2.75, 3.05) is 26.3 Å². The Balaban J connectivity index is 1.43. The number of nitrogens with one attached hydrogen (secondary N) is 1. The molecule has 0 aliphatic carbocycles. The fourth-order valence-corrected chi connectivity index (χ4v) is 6.94. The second kappa shape index (κ2) is 11.9. The Bertz CT molecular complexity index is 1000. The van der Waals surface area contributed by atoms with E-state index in [1.807, 2.05) is 0 Å². The average Bonchev–Trinajstić information content (AvgIpc) is 2.86. The van der Waals surface area contributed by atoms with Gasteiger partial charge in [-0.05, 0) is 49.4 Å². The Morgan fingerprint density at radius 3 is 2.28 bits per heavy atom. The van der Waals surface area contributed by atoms with E-state index in [1.165, 1.54) is 21.9 Å². The van der Waals surface area contributed by atoms with Gasteiger partial charge in [0.1, 0.15) is 5.75 Å². The van der Waals surface area contributed by atoms with E-state index in [1.54, 1.807) is 0 Å². The monoisotopic (exact) mass is 536 g/mol. The van der Waals surface area contributed by atoms with Crippen molar-refractivity contribution in [3.05, 3.63) is 29.8 Å². The second-order valence-electron chi connectivity index (χ2n) is 9.14. The minimum absolute atomic E-state index is 0.0201. The summed E-state index contributed by atoms with van der Waals surface area (Å²) in [5.74, 6) is -1.20. The number of carbonyl (C=O) groups is 2. The first kappa shape index (κ1) is 28.4. The Labute approximate surface area is 207 Å². The number of rotatable bonds is 10. The van der Waals surface area contributed by atoms with E-state index in [0.29, 0.717) is 24.8 Å². The topological polar surface area (TPSA) is 122 Å². The fourth-order valence-electron chi connectivity index (χ4n) is 4.80. The van der Waals surface area contributed by atoms with Gasteiger partial charge in [0.25, 0.3) is 5.91 Å². The molecule has 0 saturated carbocycles. The van der Waals surface area contributed by atoms with Gasteiger partial charge in [0, 0.05) is 51.1 Å². The molecule has 2 fully saturated rings. The summed E-state index contributed by atoms with van der Waals surface area (Å²) in [6.07, 6.45) is -1.14. The number of alkyl halides is 3. The summed E-state index contributed by atoms with van der Waals surface area (Å²) in [5.41, 5.74) is 1.83. The van der Waals surface area contributed by atoms with E-state index in [2.05, 4.69) is 4.74 Å². The van der Waals surface area contributed by atoms with E-state index < -0.39 is 27.0 Å². The molecule has 1 aromatic carbocycles. The Kier molecular flexibility index (Phi) is 9.36. The predicted molar refractivity (Wildman–Crippen MR) is 122 cm³/mol. The molecule has 0 bridgehead atoms. The smallest absolute Gasteiger partial charge is 0.406 e. The highest BCUT2D eigenvalue weighted by molar-refractivity contribution is 7.91. The molecule has 0 spiro atoms. The van der Waals surface area contributed by atoms with E-state index in [4.69, 9.17) is 9.94 Å². The molecule has 2 saturated heterocycles. The molecule has 0 radical (unpaired) electrons. The summed E-state index contributed by atoms with van der Waals surface area (Å²) in [7, 11) is -4.00. The summed E-state index contributed by atoms with van der Waals surface area (Å²) in [4.78, 5) is 24.7. The van der Waals surface area contributed by atoms with Crippen LogP contribution in [0.5, 0.6) is 5.75 Å². The lowest BCUT2D eigenvalue weighted by Crippen LogP contribution is -2.60. The van der Waals surface area contributed by atoms with Gasteiger partial charge in [-0.15, -0.1) is 13.2 Å². The quantitative estimate of drug-likeness (QED) is 0.203. The van der Waals surface area contributed by atoms with Crippen molar-refractivity contribution < 1.29 is 45.9 Å². The first-order valence-corrected chi connectivity index (χ1v) is 13.3. The number of halogens is 3. The molecular weight excluding hydrogens is 505 g/mol. The molecule has 2 heterocycles. The van der Waals surface area contributed by atoms with Crippen LogP contribution in [0.2, 0.25) is 0 Å². The number of sulfonamides is 1. The first-order valence-electron chi connectivity index (χ1n) is 11.9. The molecule has 1 amide bonds. The number of benzene rings is 1. The Hall–Kier alpha value is -2.22. The minimum Gasteiger partial charge on any atom is -0.406 e. The molecular formula is C23H31F3N2O7S. The molecule has 9 nitrogen and oxygen atoms in total. The van der Waals surface area contributed by atoms with Crippen molar-refractivity contribution in [2.24, 2.45) is 5.92 Å². The normalized spacial score (nSPS) is 19.6. The maximum Gasteiger partial charge on any atom is 0.573 e. The van der Waals surface area contributed by atoms with Crippen molar-refractivity contribution in [3.8, 4) is 5.75 Å². The van der Waals surface area contributed by atoms with Crippen LogP contribution in [0.4, 0.5) is 13.2 Å². The highest BCUT2D eigenvalue weighted by atomic mass is 32.2. The van der Waals surface area contributed by atoms with Crippen LogP contribution in [0.25, 0.3) is 0 Å². The van der Waals surface area contributed by atoms with E-state index >= 15 is 0 Å². The van der Waals surface area contributed by atoms with Crippen LogP contribution in [0.1, 0.15) is 61.7 Å². The molecule has 13 heteroatoms. The third kappa shape index (κ3) is 6.75. The molecule has 0 atom stereocenters. The lowest BCUT2D eigenvalue weighted by Gasteiger charge is -2.40. The standard InChI is InChI=1S/C23H31F3N2O7S/c24-23(25,26)35-19-7-5-18(6-8-19)20(29)4-2-1-3-17-9-13-28(14-10-17)36(32,33)22(21(30)27-31)11-15-34-16-12-22/h5-8,17,31H,1-4,9-16H2,(H,27,30). The van der Waals surface area contributed by atoms with Gasteiger partial charge in [-0.25, -0.2) is 18.2 Å². The summed E-state index contributed by atoms with van der Waals surface area (Å²) >= 11 is 0. The lowest BCUT2D eigenvalue weighted by atomic mass is 9.91. The van der Waals surface area contributed by atoms with Crippen molar-refractivity contribution in [1.82, 2.24) is 9.79 Å². The molecule has 2 aliphatic rings. The zero-order valence-corrected chi connectivity index (χ0v) is 20.6. The van der Waals surface area contributed by atoms with Crippen molar-refractivity contribution in [2.45, 2.75) is 62.5 Å². The summed E-state index contributed by atoms with van der Waals surface area (Å²) in [6, 6.07) is 4.83. The molecule has 202 valence electrons. The number of unbranched alkanes of at least 4 members (excludes halogenated alkanes) is 1. The van der Waals surface area contributed by atoms with E-state index in [0.717, 1.165) is 25.0 Å². The number of piperidine rings is 1. The van der Waals surface area contributed by atoms with Gasteiger partial charge in [-0.3, -0.25) is 14.8 Å². The van der Waals surface area contributed by atoms with Crippen LogP contribution in [-0.2, 0) is 19.6 Å². The molecule has 2 N–H and O–H groups in total. The maximum atomic E-state index is 13.3. The number of hydrogen-bond donors (Lipinski definition) is 2. The predicted octanol–water partition coefficient (Wildman–Crippen LogP) is 3.42. The number of nitrogens with zero attached hydrogens (tertiary/aromatic N) is 1. The Morgan fingerprint density at radius 1 is 1.11 bits per heavy atom. The highest BCUT2D eigenvalue weighted by Gasteiger charge is 2.54. The van der Waals surface area contributed by atoms with Crippen LogP contribution in [0.15, 0.2) is 24.3 Å². The number of carbonyl (C=O) groups excluding carboxylic acids is 2. The van der Waals surface area contributed by atoms with Gasteiger partial charge in [0.05, 0.1) is 0 Å². The van der Waals surface area contributed by atoms with Gasteiger partial charge >= 0.3 is 6.36 Å². The molecule has 2 aliphatic heterocycles. The number of amides is 1. The third-order valence-electron chi connectivity index (χ3n) is 6.90. The number of ether oxygens (including phenoxy) is 2. The number of Topliss-reactive ketones (excluding diaryl/α,β-unsaturated/α-hetero) is 1. The van der Waals surface area contributed by atoms with Gasteiger partial charge in [0.15, 0.2) is 10.5 Å². The zero-order chi connectivity index (χ0) is 26.4. The summed E-state index contributed by atoms with van der Waals surface area (Å²) in [5, 5.41) is 9.15. The lowest BCUT2D eigenvalue weighted by molar-refractivity contribution is -0.274. The fraction of sp³-hybridized carbons (Fsp3) is 0.652. The molecule has 1 aromatic rings. The van der Waals surface area contributed by atoms with Gasteiger partial charge < -0.3 is 9.47 Å². The van der Waals surface area contributed by atoms with Crippen LogP contribution in [-0.4, -0.2) is 67.0 Å².